The molecule has 3 rings (SSSR count). The maximum absolute atomic E-state index is 12.1. The Labute approximate surface area is 163 Å². The molecule has 2 amide bonds. The molecule has 1 fully saturated rings. The molecule has 0 aromatic heterocycles. The highest BCUT2D eigenvalue weighted by molar-refractivity contribution is 9.10. The van der Waals surface area contributed by atoms with Gasteiger partial charge in [0.05, 0.1) is 6.21 Å². The van der Waals surface area contributed by atoms with Gasteiger partial charge in [-0.2, -0.15) is 5.10 Å². The molecule has 1 saturated heterocycles. The first-order chi connectivity index (χ1) is 12.6. The van der Waals surface area contributed by atoms with Crippen molar-refractivity contribution < 1.29 is 9.59 Å². The lowest BCUT2D eigenvalue weighted by atomic mass is 10.2. The number of nitrogens with zero attached hydrogens (tertiary/aromatic N) is 2. The van der Waals surface area contributed by atoms with E-state index >= 15 is 0 Å². The fourth-order valence-electron chi connectivity index (χ4n) is 2.19. The lowest BCUT2D eigenvalue weighted by molar-refractivity contribution is -0.122. The van der Waals surface area contributed by atoms with E-state index in [9.17, 15) is 9.59 Å². The van der Waals surface area contributed by atoms with Gasteiger partial charge in [-0.3, -0.25) is 9.59 Å². The first kappa shape index (κ1) is 18.3. The molecular formula is C18H15BrN4O2S. The standard InChI is InChI=1S/C18H15BrN4O2S/c19-13-6-8-14(9-7-13)21-16(24)10-15-17(25)22-18(26-15)23-20-11-12-4-2-1-3-5-12/h1-9,11,15H,10H2,(H,21,24)(H,22,23,25)/b20-11+. The fraction of sp³-hybridized carbons (Fsp3) is 0.111. The van der Waals surface area contributed by atoms with Gasteiger partial charge in [-0.25, -0.2) is 0 Å². The summed E-state index contributed by atoms with van der Waals surface area (Å²) in [6.07, 6.45) is 1.67. The summed E-state index contributed by atoms with van der Waals surface area (Å²) >= 11 is 4.54. The molecule has 8 heteroatoms. The minimum atomic E-state index is -0.517. The molecule has 1 atom stereocenters. The monoisotopic (exact) mass is 430 g/mol. The molecule has 2 N–H and O–H groups in total. The SMILES string of the molecule is O=C(CC1S/C(=N/N=C/c2ccccc2)NC1=O)Nc1ccc(Br)cc1. The molecule has 26 heavy (non-hydrogen) atoms. The number of carbonyl (C=O) groups excluding carboxylic acids is 2. The molecule has 1 aliphatic rings. The summed E-state index contributed by atoms with van der Waals surface area (Å²) in [6.45, 7) is 0. The minimum Gasteiger partial charge on any atom is -0.326 e. The van der Waals surface area contributed by atoms with E-state index in [1.807, 2.05) is 42.5 Å². The number of hydrogen-bond donors (Lipinski definition) is 2. The van der Waals surface area contributed by atoms with Crippen molar-refractivity contribution in [1.29, 1.82) is 0 Å². The topological polar surface area (TPSA) is 82.9 Å². The van der Waals surface area contributed by atoms with Crippen LogP contribution >= 0.6 is 27.7 Å². The highest BCUT2D eigenvalue weighted by atomic mass is 79.9. The fourth-order valence-corrected chi connectivity index (χ4v) is 3.38. The average Bonchev–Trinajstić information content (AvgIpc) is 2.97. The van der Waals surface area contributed by atoms with E-state index in [0.29, 0.717) is 10.9 Å². The van der Waals surface area contributed by atoms with Gasteiger partial charge >= 0.3 is 0 Å². The van der Waals surface area contributed by atoms with Crippen LogP contribution in [0.2, 0.25) is 0 Å². The van der Waals surface area contributed by atoms with Gasteiger partial charge in [0.25, 0.3) is 0 Å². The summed E-state index contributed by atoms with van der Waals surface area (Å²) in [7, 11) is 0. The molecule has 2 aromatic rings. The number of benzene rings is 2. The van der Waals surface area contributed by atoms with Crippen LogP contribution in [0.4, 0.5) is 5.69 Å². The summed E-state index contributed by atoms with van der Waals surface area (Å²) in [5.41, 5.74) is 1.60. The molecule has 132 valence electrons. The van der Waals surface area contributed by atoms with Crippen molar-refractivity contribution >= 4 is 56.6 Å². The molecular weight excluding hydrogens is 416 g/mol. The van der Waals surface area contributed by atoms with E-state index in [0.717, 1.165) is 10.0 Å². The van der Waals surface area contributed by atoms with Crippen LogP contribution in [0.25, 0.3) is 0 Å². The Balaban J connectivity index is 1.54. The second kappa shape index (κ2) is 8.77. The Bertz CT molecular complexity index is 853. The van der Waals surface area contributed by atoms with Crippen LogP contribution in [0.5, 0.6) is 0 Å². The van der Waals surface area contributed by atoms with Crippen molar-refractivity contribution in [2.45, 2.75) is 11.7 Å². The van der Waals surface area contributed by atoms with Crippen LogP contribution in [0.15, 0.2) is 69.3 Å². The van der Waals surface area contributed by atoms with Crippen LogP contribution in [0, 0.1) is 0 Å². The zero-order chi connectivity index (χ0) is 18.4. The van der Waals surface area contributed by atoms with E-state index in [-0.39, 0.29) is 18.2 Å². The van der Waals surface area contributed by atoms with Gasteiger partial charge in [-0.05, 0) is 29.8 Å². The molecule has 0 bridgehead atoms. The van der Waals surface area contributed by atoms with Crippen molar-refractivity contribution in [3.63, 3.8) is 0 Å². The molecule has 1 heterocycles. The molecule has 0 saturated carbocycles. The third kappa shape index (κ3) is 5.27. The van der Waals surface area contributed by atoms with Crippen molar-refractivity contribution in [3.8, 4) is 0 Å². The quantitative estimate of drug-likeness (QED) is 0.563. The van der Waals surface area contributed by atoms with E-state index in [4.69, 9.17) is 0 Å². The third-order valence-electron chi connectivity index (χ3n) is 3.43. The number of rotatable bonds is 5. The van der Waals surface area contributed by atoms with Crippen LogP contribution in [0.1, 0.15) is 12.0 Å². The van der Waals surface area contributed by atoms with Gasteiger partial charge < -0.3 is 10.6 Å². The zero-order valence-corrected chi connectivity index (χ0v) is 16.0. The Morgan fingerprint density at radius 2 is 1.92 bits per heavy atom. The van der Waals surface area contributed by atoms with Gasteiger partial charge in [0.2, 0.25) is 11.8 Å². The van der Waals surface area contributed by atoms with Gasteiger partial charge in [-0.1, -0.05) is 58.0 Å². The number of thioether (sulfide) groups is 1. The Kier molecular flexibility index (Phi) is 6.19. The second-order valence-electron chi connectivity index (χ2n) is 5.42. The van der Waals surface area contributed by atoms with Crippen LogP contribution in [-0.4, -0.2) is 28.4 Å². The number of nitrogens with one attached hydrogen (secondary N) is 2. The van der Waals surface area contributed by atoms with E-state index in [2.05, 4.69) is 36.8 Å². The van der Waals surface area contributed by atoms with Crippen LogP contribution < -0.4 is 10.6 Å². The van der Waals surface area contributed by atoms with E-state index in [1.165, 1.54) is 11.8 Å². The molecule has 1 aliphatic heterocycles. The van der Waals surface area contributed by atoms with Crippen molar-refractivity contribution in [2.24, 2.45) is 10.2 Å². The highest BCUT2D eigenvalue weighted by Gasteiger charge is 2.32. The third-order valence-corrected chi connectivity index (χ3v) is 5.03. The Morgan fingerprint density at radius 3 is 2.65 bits per heavy atom. The normalized spacial score (nSPS) is 18.3. The summed E-state index contributed by atoms with van der Waals surface area (Å²) < 4.78 is 0.929. The van der Waals surface area contributed by atoms with Crippen LogP contribution in [0.3, 0.4) is 0 Å². The molecule has 0 radical (unpaired) electrons. The largest absolute Gasteiger partial charge is 0.326 e. The smallest absolute Gasteiger partial charge is 0.240 e. The van der Waals surface area contributed by atoms with Gasteiger partial charge in [0.15, 0.2) is 5.17 Å². The van der Waals surface area contributed by atoms with E-state index < -0.39 is 5.25 Å². The summed E-state index contributed by atoms with van der Waals surface area (Å²) in [4.78, 5) is 24.1. The summed E-state index contributed by atoms with van der Waals surface area (Å²) in [6, 6.07) is 16.8. The van der Waals surface area contributed by atoms with Crippen molar-refractivity contribution in [1.82, 2.24) is 5.32 Å². The van der Waals surface area contributed by atoms with Gasteiger partial charge in [-0.15, -0.1) is 5.10 Å². The molecule has 6 nitrogen and oxygen atoms in total. The number of amides is 2. The van der Waals surface area contributed by atoms with Crippen LogP contribution in [-0.2, 0) is 9.59 Å². The second-order valence-corrected chi connectivity index (χ2v) is 7.52. The molecule has 1 unspecified atom stereocenters. The lowest BCUT2D eigenvalue weighted by Crippen LogP contribution is -2.28. The molecule has 0 spiro atoms. The zero-order valence-electron chi connectivity index (χ0n) is 13.6. The number of halogens is 1. The number of anilines is 1. The van der Waals surface area contributed by atoms with Crippen molar-refractivity contribution in [2.75, 3.05) is 5.32 Å². The first-order valence-corrected chi connectivity index (χ1v) is 9.46. The first-order valence-electron chi connectivity index (χ1n) is 7.79. The number of hydrogen-bond acceptors (Lipinski definition) is 5. The average molecular weight is 431 g/mol. The van der Waals surface area contributed by atoms with Gasteiger partial charge in [0.1, 0.15) is 5.25 Å². The maximum Gasteiger partial charge on any atom is 0.240 e. The summed E-state index contributed by atoms with van der Waals surface area (Å²) in [5.74, 6) is -0.469. The summed E-state index contributed by atoms with van der Waals surface area (Å²) in [5, 5.41) is 13.3. The van der Waals surface area contributed by atoms with E-state index in [1.54, 1.807) is 18.3 Å². The predicted molar refractivity (Wildman–Crippen MR) is 108 cm³/mol. The molecule has 2 aromatic carbocycles. The predicted octanol–water partition coefficient (Wildman–Crippen LogP) is 3.40. The highest BCUT2D eigenvalue weighted by Crippen LogP contribution is 2.23. The number of amidine groups is 1. The Hall–Kier alpha value is -2.45. The lowest BCUT2D eigenvalue weighted by Gasteiger charge is -2.07. The Morgan fingerprint density at radius 1 is 1.19 bits per heavy atom. The maximum atomic E-state index is 12.1. The molecule has 0 aliphatic carbocycles. The minimum absolute atomic E-state index is 0.0635. The number of carbonyl (C=O) groups is 2. The van der Waals surface area contributed by atoms with Gasteiger partial charge in [0, 0.05) is 16.6 Å². The van der Waals surface area contributed by atoms with Crippen molar-refractivity contribution in [3.05, 3.63) is 64.6 Å².